The molecule has 0 bridgehead atoms. The molecule has 2 rings (SSSR count). The van der Waals surface area contributed by atoms with E-state index in [2.05, 4.69) is 29.6 Å². The van der Waals surface area contributed by atoms with Crippen molar-refractivity contribution in [2.45, 2.75) is 38.3 Å². The Hall–Kier alpha value is -0.860. The average molecular weight is 205 g/mol. The van der Waals surface area contributed by atoms with E-state index in [4.69, 9.17) is 0 Å². The van der Waals surface area contributed by atoms with Crippen LogP contribution in [-0.4, -0.2) is 17.8 Å². The molecule has 2 unspecified atom stereocenters. The number of hydrogen-bond donors (Lipinski definition) is 2. The molecule has 0 saturated carbocycles. The Morgan fingerprint density at radius 1 is 1.47 bits per heavy atom. The molecular weight excluding hydrogens is 186 g/mol. The summed E-state index contributed by atoms with van der Waals surface area (Å²) in [6.07, 6.45) is 2.94. The highest BCUT2D eigenvalue weighted by Gasteiger charge is 2.21. The van der Waals surface area contributed by atoms with Gasteiger partial charge in [0.25, 0.3) is 0 Å². The van der Waals surface area contributed by atoms with Crippen molar-refractivity contribution >= 4 is 0 Å². The topological polar surface area (TPSA) is 32.3 Å². The van der Waals surface area contributed by atoms with E-state index < -0.39 is 0 Å². The summed E-state index contributed by atoms with van der Waals surface area (Å²) in [6, 6.07) is 9.03. The first-order valence-electron chi connectivity index (χ1n) is 5.80. The Bertz CT molecular complexity index is 324. The number of benzene rings is 1. The first kappa shape index (κ1) is 10.7. The molecule has 2 heteroatoms. The second-order valence-corrected chi connectivity index (χ2v) is 4.26. The molecule has 1 aromatic carbocycles. The summed E-state index contributed by atoms with van der Waals surface area (Å²) in [4.78, 5) is 0. The van der Waals surface area contributed by atoms with Crippen LogP contribution in [-0.2, 0) is 6.42 Å². The zero-order chi connectivity index (χ0) is 10.7. The van der Waals surface area contributed by atoms with Gasteiger partial charge in [0, 0.05) is 12.6 Å². The highest BCUT2D eigenvalue weighted by Crippen LogP contribution is 2.30. The lowest BCUT2D eigenvalue weighted by atomic mass is 10.1. The fourth-order valence-corrected chi connectivity index (χ4v) is 2.19. The smallest absolute Gasteiger partial charge is 0.0662 e. The quantitative estimate of drug-likeness (QED) is 0.788. The van der Waals surface area contributed by atoms with Gasteiger partial charge >= 0.3 is 0 Å². The van der Waals surface area contributed by atoms with Crippen molar-refractivity contribution in [1.82, 2.24) is 5.32 Å². The van der Waals surface area contributed by atoms with Gasteiger partial charge in [0.1, 0.15) is 0 Å². The summed E-state index contributed by atoms with van der Waals surface area (Å²) in [6.45, 7) is 2.71. The van der Waals surface area contributed by atoms with E-state index in [9.17, 15) is 5.11 Å². The van der Waals surface area contributed by atoms with Crippen molar-refractivity contribution in [1.29, 1.82) is 0 Å². The summed E-state index contributed by atoms with van der Waals surface area (Å²) in [5.74, 6) is 0. The van der Waals surface area contributed by atoms with Crippen LogP contribution in [0.1, 0.15) is 36.9 Å². The second-order valence-electron chi connectivity index (χ2n) is 4.26. The minimum absolute atomic E-state index is 0.210. The Morgan fingerprint density at radius 2 is 2.27 bits per heavy atom. The van der Waals surface area contributed by atoms with Crippen LogP contribution in [0.2, 0.25) is 0 Å². The minimum atomic E-state index is -0.210. The molecule has 0 heterocycles. The summed E-state index contributed by atoms with van der Waals surface area (Å²) in [7, 11) is 0. The predicted octanol–water partition coefficient (Wildman–Crippen LogP) is 2.03. The van der Waals surface area contributed by atoms with Crippen molar-refractivity contribution in [3.8, 4) is 0 Å². The van der Waals surface area contributed by atoms with Crippen molar-refractivity contribution in [2.75, 3.05) is 6.54 Å². The molecule has 82 valence electrons. The van der Waals surface area contributed by atoms with Crippen molar-refractivity contribution < 1.29 is 5.11 Å². The Morgan fingerprint density at radius 3 is 3.07 bits per heavy atom. The Balaban J connectivity index is 1.96. The van der Waals surface area contributed by atoms with Gasteiger partial charge in [-0.15, -0.1) is 0 Å². The maximum atomic E-state index is 9.50. The second kappa shape index (κ2) is 4.77. The fourth-order valence-electron chi connectivity index (χ4n) is 2.19. The highest BCUT2D eigenvalue weighted by molar-refractivity contribution is 5.34. The summed E-state index contributed by atoms with van der Waals surface area (Å²) in [5.41, 5.74) is 2.88. The van der Waals surface area contributed by atoms with Crippen LogP contribution in [0.5, 0.6) is 0 Å². The van der Waals surface area contributed by atoms with E-state index in [1.54, 1.807) is 0 Å². The van der Waals surface area contributed by atoms with Crippen LogP contribution in [0.15, 0.2) is 24.3 Å². The van der Waals surface area contributed by atoms with Gasteiger partial charge in [0.05, 0.1) is 6.10 Å². The lowest BCUT2D eigenvalue weighted by Gasteiger charge is -2.16. The van der Waals surface area contributed by atoms with Gasteiger partial charge in [-0.05, 0) is 30.4 Å². The summed E-state index contributed by atoms with van der Waals surface area (Å²) >= 11 is 0. The molecule has 0 aliphatic heterocycles. The SMILES string of the molecule is CCC(O)CNC1CCc2ccccc21. The van der Waals surface area contributed by atoms with Crippen LogP contribution in [0.25, 0.3) is 0 Å². The first-order valence-corrected chi connectivity index (χ1v) is 5.80. The minimum Gasteiger partial charge on any atom is -0.392 e. The maximum Gasteiger partial charge on any atom is 0.0662 e. The number of aryl methyl sites for hydroxylation is 1. The van der Waals surface area contributed by atoms with E-state index in [1.165, 1.54) is 11.1 Å². The van der Waals surface area contributed by atoms with Crippen LogP contribution < -0.4 is 5.32 Å². The summed E-state index contributed by atoms with van der Waals surface area (Å²) in [5, 5.41) is 12.9. The number of hydrogen-bond acceptors (Lipinski definition) is 2. The van der Waals surface area contributed by atoms with Crippen LogP contribution >= 0.6 is 0 Å². The lowest BCUT2D eigenvalue weighted by Crippen LogP contribution is -2.28. The Labute approximate surface area is 91.3 Å². The van der Waals surface area contributed by atoms with Crippen LogP contribution in [0.3, 0.4) is 0 Å². The van der Waals surface area contributed by atoms with E-state index in [0.29, 0.717) is 12.6 Å². The van der Waals surface area contributed by atoms with E-state index in [-0.39, 0.29) is 6.10 Å². The zero-order valence-corrected chi connectivity index (χ0v) is 9.24. The van der Waals surface area contributed by atoms with E-state index in [0.717, 1.165) is 19.3 Å². The van der Waals surface area contributed by atoms with Gasteiger partial charge in [-0.2, -0.15) is 0 Å². The molecule has 2 atom stereocenters. The molecular formula is C13H19NO. The third-order valence-electron chi connectivity index (χ3n) is 3.20. The molecule has 0 saturated heterocycles. The third-order valence-corrected chi connectivity index (χ3v) is 3.20. The predicted molar refractivity (Wildman–Crippen MR) is 61.8 cm³/mol. The first-order chi connectivity index (χ1) is 7.31. The van der Waals surface area contributed by atoms with E-state index >= 15 is 0 Å². The number of rotatable bonds is 4. The van der Waals surface area contributed by atoms with Gasteiger partial charge in [0.2, 0.25) is 0 Å². The lowest BCUT2D eigenvalue weighted by molar-refractivity contribution is 0.163. The fraction of sp³-hybridized carbons (Fsp3) is 0.538. The Kier molecular flexibility index (Phi) is 3.39. The largest absolute Gasteiger partial charge is 0.392 e. The van der Waals surface area contributed by atoms with Crippen molar-refractivity contribution in [2.24, 2.45) is 0 Å². The monoisotopic (exact) mass is 205 g/mol. The molecule has 1 aliphatic carbocycles. The van der Waals surface area contributed by atoms with Gasteiger partial charge in [0.15, 0.2) is 0 Å². The van der Waals surface area contributed by atoms with Crippen LogP contribution in [0, 0.1) is 0 Å². The molecule has 0 fully saturated rings. The molecule has 0 radical (unpaired) electrons. The van der Waals surface area contributed by atoms with Crippen molar-refractivity contribution in [3.05, 3.63) is 35.4 Å². The van der Waals surface area contributed by atoms with Crippen molar-refractivity contribution in [3.63, 3.8) is 0 Å². The number of nitrogens with one attached hydrogen (secondary N) is 1. The number of aliphatic hydroxyl groups is 1. The average Bonchev–Trinajstić information content (AvgIpc) is 2.69. The van der Waals surface area contributed by atoms with Gasteiger partial charge in [-0.1, -0.05) is 31.2 Å². The summed E-state index contributed by atoms with van der Waals surface area (Å²) < 4.78 is 0. The molecule has 15 heavy (non-hydrogen) atoms. The molecule has 1 aliphatic rings. The maximum absolute atomic E-state index is 9.50. The molecule has 0 amide bonds. The molecule has 2 N–H and O–H groups in total. The van der Waals surface area contributed by atoms with E-state index in [1.807, 2.05) is 6.92 Å². The molecule has 2 nitrogen and oxygen atoms in total. The molecule has 0 spiro atoms. The molecule has 1 aromatic rings. The van der Waals surface area contributed by atoms with Gasteiger partial charge in [-0.3, -0.25) is 0 Å². The van der Waals surface area contributed by atoms with Gasteiger partial charge < -0.3 is 10.4 Å². The number of fused-ring (bicyclic) bond motifs is 1. The normalized spacial score (nSPS) is 21.3. The third kappa shape index (κ3) is 2.39. The standard InChI is InChI=1S/C13H19NO/c1-2-11(15)9-14-13-8-7-10-5-3-4-6-12(10)13/h3-6,11,13-15H,2,7-9H2,1H3. The number of aliphatic hydroxyl groups excluding tert-OH is 1. The zero-order valence-electron chi connectivity index (χ0n) is 9.24. The van der Waals surface area contributed by atoms with Crippen LogP contribution in [0.4, 0.5) is 0 Å². The molecule has 0 aromatic heterocycles. The van der Waals surface area contributed by atoms with Gasteiger partial charge in [-0.25, -0.2) is 0 Å². The highest BCUT2D eigenvalue weighted by atomic mass is 16.3.